The molecule has 0 aliphatic carbocycles. The van der Waals surface area contributed by atoms with E-state index in [1.165, 1.54) is 11.1 Å². The molecule has 46 heavy (non-hydrogen) atoms. The van der Waals surface area contributed by atoms with Gasteiger partial charge >= 0.3 is 11.0 Å². The molecule has 0 N–H and O–H groups in total. The molecule has 0 aliphatic heterocycles. The Bertz CT molecular complexity index is 1790. The number of imidazole rings is 2. The van der Waals surface area contributed by atoms with Crippen molar-refractivity contribution in [2.45, 2.75) is 24.1 Å². The van der Waals surface area contributed by atoms with Crippen LogP contribution < -0.4 is 9.13 Å². The predicted molar refractivity (Wildman–Crippen MR) is 153 cm³/mol. The normalized spacial score (nSPS) is 12.7. The van der Waals surface area contributed by atoms with Crippen molar-refractivity contribution in [2.75, 3.05) is 12.5 Å². The Hall–Kier alpha value is -3.58. The summed E-state index contributed by atoms with van der Waals surface area (Å²) in [6.07, 6.45) is 16.2. The molecule has 0 bridgehead atoms. The first-order valence-electron chi connectivity index (χ1n) is 11.6. The van der Waals surface area contributed by atoms with Crippen LogP contribution in [0.25, 0.3) is 20.7 Å². The molecule has 3 aromatic rings. The molecule has 1 aromatic carbocycles. The highest BCUT2D eigenvalue weighted by Gasteiger charge is 2.40. The van der Waals surface area contributed by atoms with Gasteiger partial charge in [-0.3, -0.25) is 0 Å². The van der Waals surface area contributed by atoms with Crippen LogP contribution in [0.15, 0.2) is 74.9 Å². The highest BCUT2D eigenvalue weighted by Crippen LogP contribution is 2.30. The minimum Gasteiger partial charge on any atom is -0.429 e. The lowest BCUT2D eigenvalue weighted by atomic mass is 10.1. The second-order valence-electron chi connectivity index (χ2n) is 8.70. The van der Waals surface area contributed by atoms with Crippen LogP contribution in [0.3, 0.4) is 0 Å². The molecule has 24 heteroatoms. The van der Waals surface area contributed by atoms with Crippen molar-refractivity contribution in [3.63, 3.8) is 0 Å². The average Bonchev–Trinajstić information content (AvgIpc) is 3.51. The fourth-order valence-electron chi connectivity index (χ4n) is 2.84. The van der Waals surface area contributed by atoms with Crippen LogP contribution in [0.5, 0.6) is 0 Å². The van der Waals surface area contributed by atoms with Crippen LogP contribution in [0, 0.1) is 0 Å². The average molecular weight is 745 g/mol. The molecule has 0 spiro atoms. The van der Waals surface area contributed by atoms with Crippen molar-refractivity contribution in [1.82, 2.24) is 9.13 Å². The van der Waals surface area contributed by atoms with Gasteiger partial charge in [0.2, 0.25) is 12.7 Å². The van der Waals surface area contributed by atoms with Crippen LogP contribution in [0.2, 0.25) is 0 Å². The van der Waals surface area contributed by atoms with Gasteiger partial charge in [-0.15, -0.1) is 0 Å². The molecule has 0 amide bonds. The van der Waals surface area contributed by atoms with Gasteiger partial charge in [-0.1, -0.05) is 37.4 Å². The molecule has 0 atom stereocenters. The standard InChI is InChI=1S/C18H20N4.2C2H3F3NO4S2/c1-3-19-9-11-21(15-19)13-17-5-7-18(8-6-17)14-22-12-10-20(4-2)16-22;2*1-11(7,8)6-12(9,10)2(3,4)5/h3-12,15-16H,1-2,13-14H2;2*1H3/q+2;2*-1. The monoisotopic (exact) mass is 744 g/mol. The second kappa shape index (κ2) is 15.3. The van der Waals surface area contributed by atoms with Gasteiger partial charge in [-0.2, -0.15) is 26.3 Å². The number of rotatable bonds is 10. The first-order chi connectivity index (χ1) is 20.7. The molecular formula is C22H26F6N6O8S4. The lowest BCUT2D eigenvalue weighted by molar-refractivity contribution is -0.688. The third kappa shape index (κ3) is 14.2. The van der Waals surface area contributed by atoms with Crippen LogP contribution in [-0.2, 0) is 53.2 Å². The largest absolute Gasteiger partial charge is 0.480 e. The molecule has 0 saturated heterocycles. The molecule has 2 heterocycles. The minimum absolute atomic E-state index is 0.246. The van der Waals surface area contributed by atoms with Crippen molar-refractivity contribution in [3.8, 4) is 0 Å². The molecule has 0 unspecified atom stereocenters. The van der Waals surface area contributed by atoms with Gasteiger partial charge in [0.1, 0.15) is 37.9 Å². The Morgan fingerprint density at radius 2 is 0.935 bits per heavy atom. The Morgan fingerprint density at radius 3 is 1.11 bits per heavy atom. The summed E-state index contributed by atoms with van der Waals surface area (Å²) >= 11 is 0. The fraction of sp³-hybridized carbons (Fsp3) is 0.273. The summed E-state index contributed by atoms with van der Waals surface area (Å²) in [5.41, 5.74) is -8.78. The number of halogens is 6. The van der Waals surface area contributed by atoms with Crippen molar-refractivity contribution in [3.05, 3.63) is 94.2 Å². The number of nitrogens with zero attached hydrogens (tertiary/aromatic N) is 6. The number of benzene rings is 1. The number of hydrogen-bond acceptors (Lipinski definition) is 8. The first-order valence-corrected chi connectivity index (χ1v) is 18.2. The highest BCUT2D eigenvalue weighted by molar-refractivity contribution is 8.12. The number of hydrogen-bond donors (Lipinski definition) is 0. The van der Waals surface area contributed by atoms with E-state index in [0.29, 0.717) is 0 Å². The van der Waals surface area contributed by atoms with E-state index < -0.39 is 51.1 Å². The van der Waals surface area contributed by atoms with E-state index in [-0.39, 0.29) is 12.5 Å². The molecule has 2 aromatic heterocycles. The Morgan fingerprint density at radius 1 is 0.652 bits per heavy atom. The quantitative estimate of drug-likeness (QED) is 0.224. The van der Waals surface area contributed by atoms with E-state index in [0.717, 1.165) is 13.1 Å². The maximum atomic E-state index is 11.4. The molecule has 0 radical (unpaired) electrons. The van der Waals surface area contributed by atoms with Gasteiger partial charge in [0.15, 0.2) is 20.0 Å². The van der Waals surface area contributed by atoms with Gasteiger partial charge in [-0.05, 0) is 11.1 Å². The maximum Gasteiger partial charge on any atom is 0.480 e. The maximum absolute atomic E-state index is 11.4. The topological polar surface area (TPSA) is 182 Å². The third-order valence-corrected chi connectivity index (χ3v) is 9.56. The molecular weight excluding hydrogens is 719 g/mol. The van der Waals surface area contributed by atoms with Crippen molar-refractivity contribution in [1.29, 1.82) is 0 Å². The zero-order valence-electron chi connectivity index (χ0n) is 23.6. The summed E-state index contributed by atoms with van der Waals surface area (Å²) in [7, 11) is -20.9. The summed E-state index contributed by atoms with van der Waals surface area (Å²) in [5, 5.41) is 0. The minimum atomic E-state index is -5.92. The Balaban J connectivity index is 0.000000379. The third-order valence-electron chi connectivity index (χ3n) is 4.65. The predicted octanol–water partition coefficient (Wildman–Crippen LogP) is 2.50. The Labute approximate surface area is 261 Å². The SMILES string of the molecule is C=Cn1cc[n+](Cc2ccc(C[n+]3ccn(C=C)c3)cc2)c1.CS(=O)(=O)[N-]S(=O)(=O)C(F)(F)F.CS(=O)(=O)[N-]S(=O)(=O)C(F)(F)F. The molecule has 0 saturated carbocycles. The van der Waals surface area contributed by atoms with Gasteiger partial charge in [0, 0.05) is 12.5 Å². The van der Waals surface area contributed by atoms with E-state index in [2.05, 4.69) is 46.6 Å². The fourth-order valence-corrected chi connectivity index (χ4v) is 6.37. The van der Waals surface area contributed by atoms with E-state index in [4.69, 9.17) is 0 Å². The Kier molecular flexibility index (Phi) is 13.5. The van der Waals surface area contributed by atoms with E-state index in [9.17, 15) is 60.0 Å². The zero-order chi connectivity index (χ0) is 35.8. The zero-order valence-corrected chi connectivity index (χ0v) is 26.9. The molecule has 258 valence electrons. The summed E-state index contributed by atoms with van der Waals surface area (Å²) in [6, 6.07) is 8.72. The number of alkyl halides is 6. The molecule has 3 rings (SSSR count). The van der Waals surface area contributed by atoms with Crippen LogP contribution >= 0.6 is 0 Å². The van der Waals surface area contributed by atoms with Gasteiger partial charge < -0.3 is 8.25 Å². The van der Waals surface area contributed by atoms with E-state index >= 15 is 0 Å². The lowest BCUT2D eigenvalue weighted by Gasteiger charge is -2.19. The smallest absolute Gasteiger partial charge is 0.429 e. The summed E-state index contributed by atoms with van der Waals surface area (Å²) in [5.74, 6) is 0. The number of aromatic nitrogens is 4. The van der Waals surface area contributed by atoms with Crippen LogP contribution in [-0.4, -0.2) is 66.3 Å². The molecule has 0 fully saturated rings. The lowest BCUT2D eigenvalue weighted by Crippen LogP contribution is -2.32. The van der Waals surface area contributed by atoms with E-state index in [1.807, 2.05) is 46.6 Å². The second-order valence-corrected chi connectivity index (χ2v) is 15.7. The van der Waals surface area contributed by atoms with Crippen molar-refractivity contribution >= 4 is 52.5 Å². The van der Waals surface area contributed by atoms with Crippen LogP contribution in [0.1, 0.15) is 11.1 Å². The van der Waals surface area contributed by atoms with Crippen LogP contribution in [0.4, 0.5) is 26.3 Å². The van der Waals surface area contributed by atoms with E-state index in [1.54, 1.807) is 20.7 Å². The van der Waals surface area contributed by atoms with Crippen molar-refractivity contribution < 1.29 is 69.1 Å². The first kappa shape index (κ1) is 40.4. The van der Waals surface area contributed by atoms with Gasteiger partial charge in [0.25, 0.3) is 0 Å². The molecule has 14 nitrogen and oxygen atoms in total. The highest BCUT2D eigenvalue weighted by atomic mass is 32.3. The number of sulfonamides is 4. The summed E-state index contributed by atoms with van der Waals surface area (Å²) in [4.78, 5) is 0. The molecule has 0 aliphatic rings. The van der Waals surface area contributed by atoms with Gasteiger partial charge in [0.05, 0.1) is 32.4 Å². The van der Waals surface area contributed by atoms with Gasteiger partial charge in [-0.25, -0.2) is 51.9 Å². The summed E-state index contributed by atoms with van der Waals surface area (Å²) < 4.78 is 160. The summed E-state index contributed by atoms with van der Waals surface area (Å²) in [6.45, 7) is 9.22. The van der Waals surface area contributed by atoms with Crippen molar-refractivity contribution in [2.24, 2.45) is 0 Å².